The molecule has 1 heterocycles. The average molecular weight is 186 g/mol. The van der Waals surface area contributed by atoms with E-state index >= 15 is 0 Å². The first-order valence-electron chi connectivity index (χ1n) is 4.76. The molecule has 0 bridgehead atoms. The molecular formula is C9H18N2O2. The SMILES string of the molecule is COC(=O)NCCC1CCCN1C. The van der Waals surface area contributed by atoms with Gasteiger partial charge in [-0.15, -0.1) is 0 Å². The zero-order valence-electron chi connectivity index (χ0n) is 8.38. The van der Waals surface area contributed by atoms with Crippen molar-refractivity contribution in [3.8, 4) is 0 Å². The summed E-state index contributed by atoms with van der Waals surface area (Å²) < 4.78 is 4.48. The van der Waals surface area contributed by atoms with E-state index in [1.165, 1.54) is 26.5 Å². The zero-order valence-corrected chi connectivity index (χ0v) is 8.38. The molecule has 0 spiro atoms. The molecule has 1 aliphatic heterocycles. The number of amides is 1. The summed E-state index contributed by atoms with van der Waals surface area (Å²) in [6.07, 6.45) is 3.21. The van der Waals surface area contributed by atoms with E-state index < -0.39 is 0 Å². The first kappa shape index (κ1) is 10.3. The molecule has 1 amide bonds. The number of carbonyl (C=O) groups is 1. The Labute approximate surface area is 79.2 Å². The molecule has 0 radical (unpaired) electrons. The third kappa shape index (κ3) is 3.22. The van der Waals surface area contributed by atoms with Crippen molar-refractivity contribution < 1.29 is 9.53 Å². The van der Waals surface area contributed by atoms with Crippen LogP contribution >= 0.6 is 0 Å². The van der Waals surface area contributed by atoms with Gasteiger partial charge in [0.25, 0.3) is 0 Å². The normalized spacial score (nSPS) is 23.1. The lowest BCUT2D eigenvalue weighted by Crippen LogP contribution is -2.31. The van der Waals surface area contributed by atoms with Crippen LogP contribution in [0, 0.1) is 0 Å². The fourth-order valence-corrected chi connectivity index (χ4v) is 1.76. The van der Waals surface area contributed by atoms with E-state index in [4.69, 9.17) is 0 Å². The fraction of sp³-hybridized carbons (Fsp3) is 0.889. The number of ether oxygens (including phenoxy) is 1. The Balaban J connectivity index is 2.08. The highest BCUT2D eigenvalue weighted by molar-refractivity contribution is 5.66. The van der Waals surface area contributed by atoms with Crippen LogP contribution in [0.4, 0.5) is 4.79 Å². The van der Waals surface area contributed by atoms with Gasteiger partial charge < -0.3 is 15.0 Å². The average Bonchev–Trinajstić information content (AvgIpc) is 2.52. The topological polar surface area (TPSA) is 41.6 Å². The summed E-state index contributed by atoms with van der Waals surface area (Å²) in [6.45, 7) is 1.89. The Bertz CT molecular complexity index is 173. The predicted molar refractivity (Wildman–Crippen MR) is 50.7 cm³/mol. The van der Waals surface area contributed by atoms with Crippen molar-refractivity contribution in [1.82, 2.24) is 10.2 Å². The summed E-state index contributed by atoms with van der Waals surface area (Å²) in [7, 11) is 3.52. The highest BCUT2D eigenvalue weighted by Gasteiger charge is 2.20. The van der Waals surface area contributed by atoms with Crippen molar-refractivity contribution in [2.45, 2.75) is 25.3 Å². The maximum absolute atomic E-state index is 10.7. The van der Waals surface area contributed by atoms with Crippen molar-refractivity contribution in [2.24, 2.45) is 0 Å². The van der Waals surface area contributed by atoms with E-state index in [9.17, 15) is 4.79 Å². The summed E-state index contributed by atoms with van der Waals surface area (Å²) in [4.78, 5) is 13.1. The van der Waals surface area contributed by atoms with Crippen molar-refractivity contribution in [3.63, 3.8) is 0 Å². The van der Waals surface area contributed by atoms with Crippen molar-refractivity contribution in [3.05, 3.63) is 0 Å². The standard InChI is InChI=1S/C9H18N2O2/c1-11-7-3-4-8(11)5-6-10-9(12)13-2/h8H,3-7H2,1-2H3,(H,10,12). The molecule has 1 rings (SSSR count). The van der Waals surface area contributed by atoms with Gasteiger partial charge in [-0.1, -0.05) is 0 Å². The Kier molecular flexibility index (Phi) is 4.02. The van der Waals surface area contributed by atoms with E-state index in [0.717, 1.165) is 6.42 Å². The number of rotatable bonds is 3. The molecule has 1 unspecified atom stereocenters. The summed E-state index contributed by atoms with van der Waals surface area (Å²) >= 11 is 0. The number of hydrogen-bond acceptors (Lipinski definition) is 3. The molecular weight excluding hydrogens is 168 g/mol. The highest BCUT2D eigenvalue weighted by atomic mass is 16.5. The number of carbonyl (C=O) groups excluding carboxylic acids is 1. The Morgan fingerprint density at radius 1 is 1.69 bits per heavy atom. The van der Waals surface area contributed by atoms with Gasteiger partial charge in [0.05, 0.1) is 7.11 Å². The Morgan fingerprint density at radius 2 is 2.46 bits per heavy atom. The lowest BCUT2D eigenvalue weighted by atomic mass is 10.1. The largest absolute Gasteiger partial charge is 0.453 e. The summed E-state index contributed by atoms with van der Waals surface area (Å²) in [5, 5.41) is 2.69. The summed E-state index contributed by atoms with van der Waals surface area (Å²) in [6, 6.07) is 0.636. The zero-order chi connectivity index (χ0) is 9.68. The first-order valence-corrected chi connectivity index (χ1v) is 4.76. The predicted octanol–water partition coefficient (Wildman–Crippen LogP) is 0.827. The lowest BCUT2D eigenvalue weighted by molar-refractivity contribution is 0.169. The van der Waals surface area contributed by atoms with Crippen molar-refractivity contribution >= 4 is 6.09 Å². The molecule has 0 aromatic rings. The lowest BCUT2D eigenvalue weighted by Gasteiger charge is -2.18. The third-order valence-corrected chi connectivity index (χ3v) is 2.60. The van der Waals surface area contributed by atoms with Gasteiger partial charge >= 0.3 is 6.09 Å². The minimum Gasteiger partial charge on any atom is -0.453 e. The number of likely N-dealkylation sites (tertiary alicyclic amines) is 1. The van der Waals surface area contributed by atoms with Crippen LogP contribution in [0.2, 0.25) is 0 Å². The molecule has 1 N–H and O–H groups in total. The maximum Gasteiger partial charge on any atom is 0.406 e. The Hall–Kier alpha value is -0.770. The van der Waals surface area contributed by atoms with E-state index in [-0.39, 0.29) is 6.09 Å². The smallest absolute Gasteiger partial charge is 0.406 e. The minimum atomic E-state index is -0.333. The van der Waals surface area contributed by atoms with Crippen molar-refractivity contribution in [2.75, 3.05) is 27.2 Å². The van der Waals surface area contributed by atoms with E-state index in [1.807, 2.05) is 0 Å². The molecule has 0 aromatic carbocycles. The third-order valence-electron chi connectivity index (χ3n) is 2.60. The second-order valence-corrected chi connectivity index (χ2v) is 3.48. The van der Waals surface area contributed by atoms with Gasteiger partial charge in [-0.25, -0.2) is 4.79 Å². The van der Waals surface area contributed by atoms with Gasteiger partial charge in [-0.2, -0.15) is 0 Å². The van der Waals surface area contributed by atoms with Gasteiger partial charge in [0, 0.05) is 12.6 Å². The van der Waals surface area contributed by atoms with Crippen LogP contribution < -0.4 is 5.32 Å². The molecule has 13 heavy (non-hydrogen) atoms. The minimum absolute atomic E-state index is 0.333. The van der Waals surface area contributed by atoms with Gasteiger partial charge in [-0.3, -0.25) is 0 Å². The van der Waals surface area contributed by atoms with E-state index in [2.05, 4.69) is 22.0 Å². The monoisotopic (exact) mass is 186 g/mol. The van der Waals surface area contributed by atoms with Crippen LogP contribution in [-0.2, 0) is 4.74 Å². The van der Waals surface area contributed by atoms with Crippen LogP contribution in [0.1, 0.15) is 19.3 Å². The molecule has 0 aromatic heterocycles. The highest BCUT2D eigenvalue weighted by Crippen LogP contribution is 2.16. The number of alkyl carbamates (subject to hydrolysis) is 1. The van der Waals surface area contributed by atoms with Gasteiger partial charge in [-0.05, 0) is 32.9 Å². The van der Waals surface area contributed by atoms with Crippen molar-refractivity contribution in [1.29, 1.82) is 0 Å². The quantitative estimate of drug-likeness (QED) is 0.709. The van der Waals surface area contributed by atoms with Crippen LogP contribution in [0.15, 0.2) is 0 Å². The first-order chi connectivity index (χ1) is 6.24. The molecule has 1 atom stereocenters. The molecule has 76 valence electrons. The second kappa shape index (κ2) is 5.07. The van der Waals surface area contributed by atoms with Gasteiger partial charge in [0.15, 0.2) is 0 Å². The van der Waals surface area contributed by atoms with Crippen LogP contribution in [-0.4, -0.2) is 44.3 Å². The van der Waals surface area contributed by atoms with Crippen LogP contribution in [0.25, 0.3) is 0 Å². The van der Waals surface area contributed by atoms with E-state index in [0.29, 0.717) is 12.6 Å². The number of nitrogens with zero attached hydrogens (tertiary/aromatic N) is 1. The molecule has 4 nitrogen and oxygen atoms in total. The van der Waals surface area contributed by atoms with Gasteiger partial charge in [0.2, 0.25) is 0 Å². The second-order valence-electron chi connectivity index (χ2n) is 3.48. The molecule has 1 aliphatic rings. The van der Waals surface area contributed by atoms with Crippen LogP contribution in [0.3, 0.4) is 0 Å². The molecule has 0 saturated carbocycles. The number of methoxy groups -OCH3 is 1. The van der Waals surface area contributed by atoms with Crippen LogP contribution in [0.5, 0.6) is 0 Å². The molecule has 4 heteroatoms. The summed E-state index contributed by atoms with van der Waals surface area (Å²) in [5.41, 5.74) is 0. The molecule has 1 saturated heterocycles. The van der Waals surface area contributed by atoms with E-state index in [1.54, 1.807) is 0 Å². The molecule has 1 fully saturated rings. The Morgan fingerprint density at radius 3 is 3.00 bits per heavy atom. The number of hydrogen-bond donors (Lipinski definition) is 1. The number of nitrogens with one attached hydrogen (secondary N) is 1. The molecule has 0 aliphatic carbocycles. The summed E-state index contributed by atoms with van der Waals surface area (Å²) in [5.74, 6) is 0. The fourth-order valence-electron chi connectivity index (χ4n) is 1.76. The van der Waals surface area contributed by atoms with Gasteiger partial charge in [0.1, 0.15) is 0 Å². The maximum atomic E-state index is 10.7.